The molecule has 0 aromatic heterocycles. The van der Waals surface area contributed by atoms with Gasteiger partial charge in [0.05, 0.1) is 18.2 Å². The molecule has 1 aliphatic heterocycles. The first-order valence-corrected chi connectivity index (χ1v) is 6.48. The molecule has 1 saturated heterocycles. The Balaban J connectivity index is 2.30. The third-order valence-electron chi connectivity index (χ3n) is 2.80. The van der Waals surface area contributed by atoms with Gasteiger partial charge in [-0.15, -0.1) is 0 Å². The van der Waals surface area contributed by atoms with Gasteiger partial charge in [-0.2, -0.15) is 0 Å². The fourth-order valence-electron chi connectivity index (χ4n) is 2.03. The Hall–Kier alpha value is -1.10. The van der Waals surface area contributed by atoms with Gasteiger partial charge in [0.2, 0.25) is 11.8 Å². The summed E-state index contributed by atoms with van der Waals surface area (Å²) >= 11 is 0. The molecule has 1 N–H and O–H groups in total. The number of ether oxygens (including phenoxy) is 1. The number of amides is 2. The Kier molecular flexibility index (Phi) is 5.14. The van der Waals surface area contributed by atoms with Gasteiger partial charge in [-0.3, -0.25) is 9.59 Å². The van der Waals surface area contributed by atoms with Gasteiger partial charge in [-0.1, -0.05) is 0 Å². The molecule has 18 heavy (non-hydrogen) atoms. The van der Waals surface area contributed by atoms with Crippen molar-refractivity contribution in [1.82, 2.24) is 10.2 Å². The number of nitrogens with one attached hydrogen (secondary N) is 1. The van der Waals surface area contributed by atoms with Crippen LogP contribution in [0.25, 0.3) is 0 Å². The van der Waals surface area contributed by atoms with Crippen LogP contribution in [0.4, 0.5) is 0 Å². The number of piperidine rings is 1. The van der Waals surface area contributed by atoms with Crippen LogP contribution >= 0.6 is 0 Å². The van der Waals surface area contributed by atoms with Crippen LogP contribution in [0.2, 0.25) is 0 Å². The van der Waals surface area contributed by atoms with Gasteiger partial charge >= 0.3 is 0 Å². The van der Waals surface area contributed by atoms with Gasteiger partial charge in [-0.05, 0) is 33.6 Å². The van der Waals surface area contributed by atoms with Crippen molar-refractivity contribution < 1.29 is 14.3 Å². The molecule has 0 aromatic rings. The molecule has 104 valence electrons. The SMILES string of the molecule is CC(=O)NCC(=O)N1CCC(OC(C)(C)C)CC1. The zero-order valence-electron chi connectivity index (χ0n) is 11.8. The molecule has 0 aliphatic carbocycles. The maximum atomic E-state index is 11.8. The lowest BCUT2D eigenvalue weighted by Gasteiger charge is -2.35. The number of likely N-dealkylation sites (tertiary alicyclic amines) is 1. The normalized spacial score (nSPS) is 17.7. The standard InChI is InChI=1S/C13H24N2O3/c1-10(16)14-9-12(17)15-7-5-11(6-8-15)18-13(2,3)4/h11H,5-9H2,1-4H3,(H,14,16). The summed E-state index contributed by atoms with van der Waals surface area (Å²) < 4.78 is 5.90. The fraction of sp³-hybridized carbons (Fsp3) is 0.846. The van der Waals surface area contributed by atoms with Crippen molar-refractivity contribution in [2.24, 2.45) is 0 Å². The molecule has 2 amide bonds. The Morgan fingerprint density at radius 2 is 1.83 bits per heavy atom. The Bertz CT molecular complexity index is 302. The van der Waals surface area contributed by atoms with E-state index in [9.17, 15) is 9.59 Å². The molecule has 0 atom stereocenters. The van der Waals surface area contributed by atoms with E-state index in [1.807, 2.05) is 20.8 Å². The predicted octanol–water partition coefficient (Wildman–Crippen LogP) is 0.929. The third kappa shape index (κ3) is 5.49. The smallest absolute Gasteiger partial charge is 0.241 e. The Morgan fingerprint density at radius 3 is 2.28 bits per heavy atom. The molecule has 0 spiro atoms. The van der Waals surface area contributed by atoms with Gasteiger partial charge in [0, 0.05) is 20.0 Å². The lowest BCUT2D eigenvalue weighted by atomic mass is 10.1. The van der Waals surface area contributed by atoms with Gasteiger partial charge in [0.25, 0.3) is 0 Å². The Labute approximate surface area is 109 Å². The van der Waals surface area contributed by atoms with E-state index < -0.39 is 0 Å². The van der Waals surface area contributed by atoms with Crippen LogP contribution in [-0.2, 0) is 14.3 Å². The minimum Gasteiger partial charge on any atom is -0.372 e. The van der Waals surface area contributed by atoms with E-state index in [1.54, 1.807) is 4.90 Å². The minimum absolute atomic E-state index is 0.0144. The van der Waals surface area contributed by atoms with Crippen molar-refractivity contribution in [1.29, 1.82) is 0 Å². The molecule has 1 rings (SSSR count). The van der Waals surface area contributed by atoms with Crippen molar-refractivity contribution in [2.75, 3.05) is 19.6 Å². The number of carbonyl (C=O) groups excluding carboxylic acids is 2. The second-order valence-corrected chi connectivity index (χ2v) is 5.72. The molecule has 0 radical (unpaired) electrons. The van der Waals surface area contributed by atoms with E-state index in [0.29, 0.717) is 13.1 Å². The molecule has 0 aromatic carbocycles. The average Bonchev–Trinajstić information content (AvgIpc) is 2.24. The summed E-state index contributed by atoms with van der Waals surface area (Å²) in [5.41, 5.74) is -0.132. The van der Waals surface area contributed by atoms with E-state index in [0.717, 1.165) is 12.8 Å². The highest BCUT2D eigenvalue weighted by atomic mass is 16.5. The molecular formula is C13H24N2O3. The Morgan fingerprint density at radius 1 is 1.28 bits per heavy atom. The number of carbonyl (C=O) groups is 2. The van der Waals surface area contributed by atoms with Crippen LogP contribution in [0.5, 0.6) is 0 Å². The second kappa shape index (κ2) is 6.18. The van der Waals surface area contributed by atoms with E-state index >= 15 is 0 Å². The molecule has 1 fully saturated rings. The molecule has 5 heteroatoms. The first-order chi connectivity index (χ1) is 8.28. The van der Waals surface area contributed by atoms with Crippen LogP contribution in [0.3, 0.4) is 0 Å². The quantitative estimate of drug-likeness (QED) is 0.817. The van der Waals surface area contributed by atoms with Gasteiger partial charge in [-0.25, -0.2) is 0 Å². The summed E-state index contributed by atoms with van der Waals surface area (Å²) in [5.74, 6) is -0.186. The molecule has 0 bridgehead atoms. The topological polar surface area (TPSA) is 58.6 Å². The molecule has 0 unspecified atom stereocenters. The minimum atomic E-state index is -0.172. The summed E-state index contributed by atoms with van der Waals surface area (Å²) in [6.45, 7) is 9.05. The maximum absolute atomic E-state index is 11.8. The number of hydrogen-bond donors (Lipinski definition) is 1. The lowest BCUT2D eigenvalue weighted by molar-refractivity contribution is -0.137. The van der Waals surface area contributed by atoms with Gasteiger partial charge in [0.15, 0.2) is 0 Å². The monoisotopic (exact) mass is 256 g/mol. The number of nitrogens with zero attached hydrogens (tertiary/aromatic N) is 1. The summed E-state index contributed by atoms with van der Waals surface area (Å²) in [4.78, 5) is 24.3. The van der Waals surface area contributed by atoms with E-state index in [4.69, 9.17) is 4.74 Å². The first kappa shape index (κ1) is 15.0. The van der Waals surface area contributed by atoms with Crippen LogP contribution in [0.1, 0.15) is 40.5 Å². The summed E-state index contributed by atoms with van der Waals surface area (Å²) in [5, 5.41) is 2.53. The van der Waals surface area contributed by atoms with Crippen molar-refractivity contribution >= 4 is 11.8 Å². The third-order valence-corrected chi connectivity index (χ3v) is 2.80. The van der Waals surface area contributed by atoms with E-state index in [2.05, 4.69) is 5.32 Å². The fourth-order valence-corrected chi connectivity index (χ4v) is 2.03. The lowest BCUT2D eigenvalue weighted by Crippen LogP contribution is -2.46. The summed E-state index contributed by atoms with van der Waals surface area (Å²) in [6, 6.07) is 0. The largest absolute Gasteiger partial charge is 0.372 e. The number of rotatable bonds is 3. The zero-order chi connectivity index (χ0) is 13.8. The average molecular weight is 256 g/mol. The van der Waals surface area contributed by atoms with Crippen molar-refractivity contribution in [3.8, 4) is 0 Å². The van der Waals surface area contributed by atoms with Crippen molar-refractivity contribution in [2.45, 2.75) is 52.2 Å². The molecule has 1 heterocycles. The summed E-state index contributed by atoms with van der Waals surface area (Å²) in [6.07, 6.45) is 1.96. The van der Waals surface area contributed by atoms with Crippen molar-refractivity contribution in [3.63, 3.8) is 0 Å². The molecule has 1 aliphatic rings. The molecule has 5 nitrogen and oxygen atoms in total. The highest BCUT2D eigenvalue weighted by Gasteiger charge is 2.26. The van der Waals surface area contributed by atoms with Gasteiger partial charge in [0.1, 0.15) is 0 Å². The summed E-state index contributed by atoms with van der Waals surface area (Å²) in [7, 11) is 0. The van der Waals surface area contributed by atoms with E-state index in [-0.39, 0.29) is 30.1 Å². The second-order valence-electron chi connectivity index (χ2n) is 5.72. The first-order valence-electron chi connectivity index (χ1n) is 6.48. The predicted molar refractivity (Wildman–Crippen MR) is 69.1 cm³/mol. The van der Waals surface area contributed by atoms with Crippen LogP contribution in [-0.4, -0.2) is 48.1 Å². The van der Waals surface area contributed by atoms with Crippen LogP contribution in [0.15, 0.2) is 0 Å². The molecule has 0 saturated carbocycles. The maximum Gasteiger partial charge on any atom is 0.241 e. The highest BCUT2D eigenvalue weighted by Crippen LogP contribution is 2.19. The van der Waals surface area contributed by atoms with Crippen molar-refractivity contribution in [3.05, 3.63) is 0 Å². The van der Waals surface area contributed by atoms with Gasteiger partial charge < -0.3 is 15.0 Å². The highest BCUT2D eigenvalue weighted by molar-refractivity contribution is 5.83. The molecular weight excluding hydrogens is 232 g/mol. The van der Waals surface area contributed by atoms with E-state index in [1.165, 1.54) is 6.92 Å². The van der Waals surface area contributed by atoms with Crippen LogP contribution < -0.4 is 5.32 Å². The van der Waals surface area contributed by atoms with Crippen LogP contribution in [0, 0.1) is 0 Å². The zero-order valence-corrected chi connectivity index (χ0v) is 11.8. The number of hydrogen-bond acceptors (Lipinski definition) is 3.